The Bertz CT molecular complexity index is 559. The zero-order valence-corrected chi connectivity index (χ0v) is 12.9. The third-order valence-electron chi connectivity index (χ3n) is 1.79. The summed E-state index contributed by atoms with van der Waals surface area (Å²) in [6, 6.07) is 0. The molecule has 4 nitrogen and oxygen atoms in total. The molecule has 10 heteroatoms. The monoisotopic (exact) mass is 310 g/mol. The van der Waals surface area contributed by atoms with Crippen LogP contribution in [0.2, 0.25) is 0 Å². The average Bonchev–Trinajstić information content (AvgIpc) is 2.19. The summed E-state index contributed by atoms with van der Waals surface area (Å²) in [5.41, 5.74) is 0. The summed E-state index contributed by atoms with van der Waals surface area (Å²) >= 11 is 0. The van der Waals surface area contributed by atoms with E-state index in [1.807, 2.05) is 0 Å². The molecule has 1 rings (SSSR count). The summed E-state index contributed by atoms with van der Waals surface area (Å²) in [7, 11) is -5.69. The van der Waals surface area contributed by atoms with Crippen LogP contribution in [0.5, 0.6) is 5.75 Å². The quantitative estimate of drug-likeness (QED) is 0.309. The summed E-state index contributed by atoms with van der Waals surface area (Å²) < 4.78 is 89.0. The van der Waals surface area contributed by atoms with E-state index in [9.17, 15) is 30.5 Å². The fourth-order valence-corrected chi connectivity index (χ4v) is 1.77. The van der Waals surface area contributed by atoms with Gasteiger partial charge in [-0.05, 0) is 13.8 Å². The van der Waals surface area contributed by atoms with Gasteiger partial charge in [0.25, 0.3) is 0 Å². The summed E-state index contributed by atoms with van der Waals surface area (Å²) in [5, 5.41) is 0. The number of halogens is 4. The van der Waals surface area contributed by atoms with Crippen molar-refractivity contribution < 1.29 is 64.8 Å². The molecule has 0 heterocycles. The first-order valence-electron chi connectivity index (χ1n) is 4.55. The van der Waals surface area contributed by atoms with Crippen molar-refractivity contribution in [1.29, 1.82) is 0 Å². The summed E-state index contributed by atoms with van der Waals surface area (Å²) in [6.07, 6.45) is -0.817. The van der Waals surface area contributed by atoms with Gasteiger partial charge in [0, 0.05) is 0 Å². The van der Waals surface area contributed by atoms with Crippen LogP contribution in [-0.4, -0.2) is 19.1 Å². The van der Waals surface area contributed by atoms with Crippen LogP contribution < -0.4 is 34.3 Å². The molecule has 0 unspecified atom stereocenters. The predicted octanol–water partition coefficient (Wildman–Crippen LogP) is -1.06. The Labute approximate surface area is 128 Å². The van der Waals surface area contributed by atoms with Crippen molar-refractivity contribution in [2.45, 2.75) is 24.8 Å². The molecule has 0 aliphatic carbocycles. The van der Waals surface area contributed by atoms with Gasteiger partial charge in [0.2, 0.25) is 11.6 Å². The van der Waals surface area contributed by atoms with Gasteiger partial charge in [-0.1, -0.05) is 0 Å². The van der Waals surface area contributed by atoms with E-state index >= 15 is 0 Å². The van der Waals surface area contributed by atoms with Crippen molar-refractivity contribution in [2.24, 2.45) is 0 Å². The van der Waals surface area contributed by atoms with Crippen LogP contribution in [-0.2, 0) is 10.1 Å². The molecule has 0 atom stereocenters. The SMILES string of the molecule is CC(C)Oc1c(F)c(F)c(S(=O)(=O)[O-])c(F)c1F.[Na+]. The third-order valence-corrected chi connectivity index (χ3v) is 2.64. The first-order chi connectivity index (χ1) is 8.07. The van der Waals surface area contributed by atoms with Crippen molar-refractivity contribution >= 4 is 10.1 Å². The Hall–Kier alpha value is -0.350. The van der Waals surface area contributed by atoms with E-state index in [0.717, 1.165) is 0 Å². The summed E-state index contributed by atoms with van der Waals surface area (Å²) in [5.74, 6) is -10.2. The Morgan fingerprint density at radius 1 is 1.00 bits per heavy atom. The van der Waals surface area contributed by atoms with Gasteiger partial charge >= 0.3 is 29.6 Å². The minimum absolute atomic E-state index is 0. The van der Waals surface area contributed by atoms with Crippen molar-refractivity contribution in [3.05, 3.63) is 23.3 Å². The topological polar surface area (TPSA) is 66.4 Å². The van der Waals surface area contributed by atoms with Crippen molar-refractivity contribution in [3.8, 4) is 5.75 Å². The Balaban J connectivity index is 0.00000324. The van der Waals surface area contributed by atoms with Crippen LogP contribution in [0, 0.1) is 23.3 Å². The van der Waals surface area contributed by atoms with Crippen LogP contribution in [0.15, 0.2) is 4.90 Å². The molecule has 1 aromatic rings. The van der Waals surface area contributed by atoms with Gasteiger partial charge in [0.05, 0.1) is 6.10 Å². The molecule has 0 spiro atoms. The van der Waals surface area contributed by atoms with E-state index in [1.165, 1.54) is 13.8 Å². The standard InChI is InChI=1S/C9H8F4O4S.Na/c1-3(2)17-8-4(10)6(12)9(18(14,15)16)7(13)5(8)11;/h3H,1-2H3,(H,14,15,16);/q;+1/p-1. The van der Waals surface area contributed by atoms with Crippen molar-refractivity contribution in [2.75, 3.05) is 0 Å². The Morgan fingerprint density at radius 3 is 1.63 bits per heavy atom. The van der Waals surface area contributed by atoms with Gasteiger partial charge in [-0.3, -0.25) is 0 Å². The van der Waals surface area contributed by atoms with Gasteiger partial charge < -0.3 is 9.29 Å². The fourth-order valence-electron chi connectivity index (χ4n) is 1.15. The molecule has 0 bridgehead atoms. The molecule has 0 N–H and O–H groups in total. The van der Waals surface area contributed by atoms with E-state index in [4.69, 9.17) is 0 Å². The van der Waals surface area contributed by atoms with Crippen molar-refractivity contribution in [3.63, 3.8) is 0 Å². The Kier molecular flexibility index (Phi) is 6.28. The van der Waals surface area contributed by atoms with Crippen LogP contribution in [0.3, 0.4) is 0 Å². The number of hydrogen-bond donors (Lipinski definition) is 0. The number of hydrogen-bond acceptors (Lipinski definition) is 4. The van der Waals surface area contributed by atoms with Crippen LogP contribution in [0.4, 0.5) is 17.6 Å². The molecule has 0 aliphatic rings. The molecule has 0 aromatic heterocycles. The molecule has 0 radical (unpaired) electrons. The minimum atomic E-state index is -5.69. The van der Waals surface area contributed by atoms with Gasteiger partial charge in [-0.2, -0.15) is 8.78 Å². The van der Waals surface area contributed by atoms with E-state index in [1.54, 1.807) is 0 Å². The third kappa shape index (κ3) is 3.82. The van der Waals surface area contributed by atoms with E-state index < -0.39 is 50.1 Å². The molecule has 1 aromatic carbocycles. The van der Waals surface area contributed by atoms with Gasteiger partial charge in [-0.15, -0.1) is 0 Å². The van der Waals surface area contributed by atoms with Crippen LogP contribution in [0.1, 0.15) is 13.8 Å². The number of benzene rings is 1. The van der Waals surface area contributed by atoms with E-state index in [2.05, 4.69) is 4.74 Å². The van der Waals surface area contributed by atoms with Gasteiger partial charge in [-0.25, -0.2) is 17.2 Å². The smallest absolute Gasteiger partial charge is 0.744 e. The maximum absolute atomic E-state index is 13.3. The zero-order chi connectivity index (χ0) is 14.2. The molecular weight excluding hydrogens is 303 g/mol. The minimum Gasteiger partial charge on any atom is -0.744 e. The largest absolute Gasteiger partial charge is 1.00 e. The van der Waals surface area contributed by atoms with E-state index in [0.29, 0.717) is 0 Å². The zero-order valence-electron chi connectivity index (χ0n) is 10.1. The molecule has 19 heavy (non-hydrogen) atoms. The molecule has 102 valence electrons. The summed E-state index contributed by atoms with van der Waals surface area (Å²) in [6.45, 7) is 2.65. The first-order valence-corrected chi connectivity index (χ1v) is 5.96. The maximum Gasteiger partial charge on any atom is 1.00 e. The van der Waals surface area contributed by atoms with Crippen LogP contribution in [0.25, 0.3) is 0 Å². The van der Waals surface area contributed by atoms with Crippen LogP contribution >= 0.6 is 0 Å². The maximum atomic E-state index is 13.3. The molecule has 0 saturated heterocycles. The molecule has 0 amide bonds. The normalized spacial score (nSPS) is 11.4. The van der Waals surface area contributed by atoms with E-state index in [-0.39, 0.29) is 29.6 Å². The number of ether oxygens (including phenoxy) is 1. The molecule has 0 fully saturated rings. The molecule has 0 saturated carbocycles. The summed E-state index contributed by atoms with van der Waals surface area (Å²) in [4.78, 5) is -2.20. The molecular formula is C9H7F4NaO4S. The van der Waals surface area contributed by atoms with Gasteiger partial charge in [0.15, 0.2) is 17.4 Å². The fraction of sp³-hybridized carbons (Fsp3) is 0.333. The predicted molar refractivity (Wildman–Crippen MR) is 50.0 cm³/mol. The second kappa shape index (κ2) is 6.40. The second-order valence-electron chi connectivity index (χ2n) is 3.53. The average molecular weight is 310 g/mol. The Morgan fingerprint density at radius 2 is 1.37 bits per heavy atom. The second-order valence-corrected chi connectivity index (χ2v) is 4.85. The van der Waals surface area contributed by atoms with Crippen molar-refractivity contribution in [1.82, 2.24) is 0 Å². The molecule has 0 aliphatic heterocycles. The number of rotatable bonds is 3. The van der Waals surface area contributed by atoms with Gasteiger partial charge in [0.1, 0.15) is 15.0 Å². The first kappa shape index (κ1) is 18.7.